The zero-order valence-corrected chi connectivity index (χ0v) is 21.4. The van der Waals surface area contributed by atoms with E-state index in [0.717, 1.165) is 5.56 Å². The molecule has 0 bridgehead atoms. The number of imide groups is 1. The molecule has 0 aliphatic carbocycles. The van der Waals surface area contributed by atoms with E-state index in [1.54, 1.807) is 45.3 Å². The first-order valence-corrected chi connectivity index (χ1v) is 12.2. The lowest BCUT2D eigenvalue weighted by atomic mass is 9.78. The molecule has 0 saturated carbocycles. The summed E-state index contributed by atoms with van der Waals surface area (Å²) in [6.07, 6.45) is 0.247. The highest BCUT2D eigenvalue weighted by Crippen LogP contribution is 2.45. The fourth-order valence-corrected chi connectivity index (χ4v) is 5.37. The summed E-state index contributed by atoms with van der Waals surface area (Å²) >= 11 is 0. The Morgan fingerprint density at radius 1 is 1.05 bits per heavy atom. The number of carbonyl (C=O) groups is 4. The SMILES string of the molecule is CC[C@@]1(C(=O)OC)N[C@H](CN(C)C(=O)Nc2ccc(OC)cc2)[C@@H]2C(=O)N(Cc3ccccc3)C(=O)[C@@H]21. The summed E-state index contributed by atoms with van der Waals surface area (Å²) in [4.78, 5) is 55.8. The number of esters is 1. The molecule has 196 valence electrons. The van der Waals surface area contributed by atoms with Crippen molar-refractivity contribution in [3.8, 4) is 5.75 Å². The molecule has 4 amide bonds. The number of rotatable bonds is 8. The molecule has 2 aromatic rings. The molecule has 2 aromatic carbocycles. The highest BCUT2D eigenvalue weighted by molar-refractivity contribution is 6.09. The normalized spacial score (nSPS) is 24.5. The Hall–Kier alpha value is -3.92. The predicted molar refractivity (Wildman–Crippen MR) is 136 cm³/mol. The van der Waals surface area contributed by atoms with E-state index < -0.39 is 41.3 Å². The second kappa shape index (κ2) is 10.6. The minimum atomic E-state index is -1.37. The van der Waals surface area contributed by atoms with Crippen LogP contribution in [0.25, 0.3) is 0 Å². The van der Waals surface area contributed by atoms with Gasteiger partial charge in [-0.25, -0.2) is 4.79 Å². The van der Waals surface area contributed by atoms with Gasteiger partial charge in [0, 0.05) is 25.3 Å². The van der Waals surface area contributed by atoms with Crippen LogP contribution >= 0.6 is 0 Å². The standard InChI is InChI=1S/C27H32N4O6/c1-5-27(25(34)37-4)22-21(23(32)31(24(22)33)15-17-9-7-6-8-10-17)20(29-27)16-30(2)26(35)28-18-11-13-19(36-3)14-12-18/h6-14,20-22,29H,5,15-16H2,1-4H3,(H,28,35)/t20-,21+,22-,27-/m1/s1. The van der Waals surface area contributed by atoms with E-state index in [0.29, 0.717) is 11.4 Å². The van der Waals surface area contributed by atoms with Crippen molar-refractivity contribution >= 4 is 29.5 Å². The molecule has 10 heteroatoms. The van der Waals surface area contributed by atoms with Crippen LogP contribution in [0.15, 0.2) is 54.6 Å². The minimum absolute atomic E-state index is 0.0973. The third-order valence-corrected chi connectivity index (χ3v) is 7.30. The van der Waals surface area contributed by atoms with Gasteiger partial charge in [0.05, 0.1) is 32.6 Å². The van der Waals surface area contributed by atoms with E-state index in [9.17, 15) is 19.2 Å². The highest BCUT2D eigenvalue weighted by Gasteiger charge is 2.67. The van der Waals surface area contributed by atoms with Crippen LogP contribution in [-0.2, 0) is 25.7 Å². The maximum atomic E-state index is 13.6. The number of anilines is 1. The molecule has 10 nitrogen and oxygen atoms in total. The number of urea groups is 1. The van der Waals surface area contributed by atoms with Gasteiger partial charge in [-0.3, -0.25) is 24.6 Å². The number of amides is 4. The van der Waals surface area contributed by atoms with E-state index in [1.165, 1.54) is 16.9 Å². The number of likely N-dealkylation sites (tertiary alicyclic amines) is 1. The van der Waals surface area contributed by atoms with Crippen LogP contribution in [0.2, 0.25) is 0 Å². The fraction of sp³-hybridized carbons (Fsp3) is 0.407. The number of benzene rings is 2. The summed E-state index contributed by atoms with van der Waals surface area (Å²) in [6.45, 7) is 1.99. The van der Waals surface area contributed by atoms with Gasteiger partial charge in [0.1, 0.15) is 11.3 Å². The van der Waals surface area contributed by atoms with Crippen LogP contribution in [0, 0.1) is 11.8 Å². The monoisotopic (exact) mass is 508 g/mol. The van der Waals surface area contributed by atoms with Gasteiger partial charge in [0.25, 0.3) is 0 Å². The van der Waals surface area contributed by atoms with Crippen molar-refractivity contribution in [1.82, 2.24) is 15.1 Å². The summed E-state index contributed by atoms with van der Waals surface area (Å²) < 4.78 is 10.2. The lowest BCUT2D eigenvalue weighted by Crippen LogP contribution is -2.58. The Labute approximate surface area is 215 Å². The molecule has 0 radical (unpaired) electrons. The first-order chi connectivity index (χ1) is 17.7. The predicted octanol–water partition coefficient (Wildman–Crippen LogP) is 2.25. The highest BCUT2D eigenvalue weighted by atomic mass is 16.5. The van der Waals surface area contributed by atoms with Gasteiger partial charge in [-0.15, -0.1) is 0 Å². The summed E-state index contributed by atoms with van der Waals surface area (Å²) in [6, 6.07) is 15.1. The van der Waals surface area contributed by atoms with Gasteiger partial charge in [-0.1, -0.05) is 37.3 Å². The summed E-state index contributed by atoms with van der Waals surface area (Å²) in [7, 11) is 4.42. The molecule has 4 atom stereocenters. The number of hydrogen-bond donors (Lipinski definition) is 2. The van der Waals surface area contributed by atoms with Crippen molar-refractivity contribution in [3.05, 3.63) is 60.2 Å². The van der Waals surface area contributed by atoms with Gasteiger partial charge in [0.2, 0.25) is 11.8 Å². The van der Waals surface area contributed by atoms with Crippen molar-refractivity contribution < 1.29 is 28.7 Å². The van der Waals surface area contributed by atoms with E-state index >= 15 is 0 Å². The fourth-order valence-electron chi connectivity index (χ4n) is 5.37. The molecule has 0 spiro atoms. The van der Waals surface area contributed by atoms with Crippen LogP contribution in [0.3, 0.4) is 0 Å². The van der Waals surface area contributed by atoms with Gasteiger partial charge in [-0.2, -0.15) is 0 Å². The molecule has 37 heavy (non-hydrogen) atoms. The molecule has 2 aliphatic rings. The Kier molecular flexibility index (Phi) is 7.49. The average molecular weight is 509 g/mol. The topological polar surface area (TPSA) is 117 Å². The summed E-state index contributed by atoms with van der Waals surface area (Å²) in [5.41, 5.74) is 0.0219. The van der Waals surface area contributed by atoms with E-state index in [-0.39, 0.29) is 25.4 Å². The van der Waals surface area contributed by atoms with Crippen LogP contribution in [0.1, 0.15) is 18.9 Å². The number of carbonyl (C=O) groups excluding carboxylic acids is 4. The smallest absolute Gasteiger partial charge is 0.326 e. The zero-order chi connectivity index (χ0) is 26.7. The Balaban J connectivity index is 1.57. The lowest BCUT2D eigenvalue weighted by Gasteiger charge is -2.32. The number of fused-ring (bicyclic) bond motifs is 1. The molecule has 2 heterocycles. The Bertz CT molecular complexity index is 1170. The minimum Gasteiger partial charge on any atom is -0.497 e. The molecule has 2 fully saturated rings. The maximum absolute atomic E-state index is 13.6. The first-order valence-electron chi connectivity index (χ1n) is 12.2. The van der Waals surface area contributed by atoms with Crippen molar-refractivity contribution in [2.45, 2.75) is 31.5 Å². The number of hydrogen-bond acceptors (Lipinski definition) is 7. The quantitative estimate of drug-likeness (QED) is 0.415. The van der Waals surface area contributed by atoms with Crippen LogP contribution in [0.5, 0.6) is 5.75 Å². The van der Waals surface area contributed by atoms with Crippen molar-refractivity contribution in [1.29, 1.82) is 0 Å². The van der Waals surface area contributed by atoms with Crippen molar-refractivity contribution in [2.75, 3.05) is 33.1 Å². The van der Waals surface area contributed by atoms with Gasteiger partial charge in [-0.05, 0) is 36.2 Å². The molecule has 0 unspecified atom stereocenters. The Morgan fingerprint density at radius 2 is 1.73 bits per heavy atom. The average Bonchev–Trinajstić information content (AvgIpc) is 3.38. The zero-order valence-electron chi connectivity index (χ0n) is 21.4. The van der Waals surface area contributed by atoms with Gasteiger partial charge >= 0.3 is 12.0 Å². The van der Waals surface area contributed by atoms with Gasteiger partial charge < -0.3 is 19.7 Å². The number of likely N-dealkylation sites (N-methyl/N-ethyl adjacent to an activating group) is 1. The number of ether oxygens (including phenoxy) is 2. The lowest BCUT2D eigenvalue weighted by molar-refractivity contribution is -0.154. The molecule has 0 aromatic heterocycles. The van der Waals surface area contributed by atoms with Crippen molar-refractivity contribution in [2.24, 2.45) is 11.8 Å². The van der Waals surface area contributed by atoms with E-state index in [2.05, 4.69) is 10.6 Å². The second-order valence-corrected chi connectivity index (χ2v) is 9.36. The van der Waals surface area contributed by atoms with Gasteiger partial charge in [0.15, 0.2) is 0 Å². The maximum Gasteiger partial charge on any atom is 0.326 e. The Morgan fingerprint density at radius 3 is 2.32 bits per heavy atom. The molecular formula is C27H32N4O6. The molecule has 2 saturated heterocycles. The molecule has 2 aliphatic heterocycles. The number of nitrogens with zero attached hydrogens (tertiary/aromatic N) is 2. The molecular weight excluding hydrogens is 476 g/mol. The number of nitrogens with one attached hydrogen (secondary N) is 2. The second-order valence-electron chi connectivity index (χ2n) is 9.36. The van der Waals surface area contributed by atoms with Crippen LogP contribution in [0.4, 0.5) is 10.5 Å². The third-order valence-electron chi connectivity index (χ3n) is 7.30. The third kappa shape index (κ3) is 4.76. The van der Waals surface area contributed by atoms with E-state index in [4.69, 9.17) is 9.47 Å². The number of methoxy groups -OCH3 is 2. The van der Waals surface area contributed by atoms with E-state index in [1.807, 2.05) is 30.3 Å². The van der Waals surface area contributed by atoms with Crippen LogP contribution < -0.4 is 15.4 Å². The van der Waals surface area contributed by atoms with Crippen molar-refractivity contribution in [3.63, 3.8) is 0 Å². The first kappa shape index (κ1) is 26.2. The molecule has 2 N–H and O–H groups in total. The van der Waals surface area contributed by atoms with Crippen LogP contribution in [-0.4, -0.2) is 73.0 Å². The molecule has 4 rings (SSSR count). The summed E-state index contributed by atoms with van der Waals surface area (Å²) in [5.74, 6) is -2.45. The summed E-state index contributed by atoms with van der Waals surface area (Å²) in [5, 5.41) is 6.04. The largest absolute Gasteiger partial charge is 0.497 e.